The minimum Gasteiger partial charge on any atom is -0.336 e. The van der Waals surface area contributed by atoms with Gasteiger partial charge in [-0.25, -0.2) is 0 Å². The van der Waals surface area contributed by atoms with Gasteiger partial charge in [0.1, 0.15) is 0 Å². The summed E-state index contributed by atoms with van der Waals surface area (Å²) < 4.78 is 0. The fraction of sp³-hybridized carbons (Fsp3) is 0.650. The molecule has 0 bridgehead atoms. The number of carbonyl (C=O) groups excluding carboxylic acids is 1. The predicted molar refractivity (Wildman–Crippen MR) is 94.2 cm³/mol. The molecule has 0 spiro atoms. The topological polar surface area (TPSA) is 32.3 Å². The molecule has 2 saturated heterocycles. The predicted octanol–water partition coefficient (Wildman–Crippen LogP) is 3.68. The van der Waals surface area contributed by atoms with Crippen molar-refractivity contribution in [2.24, 2.45) is 11.8 Å². The summed E-state index contributed by atoms with van der Waals surface area (Å²) in [6.07, 6.45) is 5.45. The molecule has 3 rings (SSSR count). The molecule has 1 amide bonds. The maximum absolute atomic E-state index is 12.9. The summed E-state index contributed by atoms with van der Waals surface area (Å²) >= 11 is 0. The average Bonchev–Trinajstić information content (AvgIpc) is 3.05. The zero-order valence-electron chi connectivity index (χ0n) is 14.6. The molecule has 23 heavy (non-hydrogen) atoms. The minimum absolute atomic E-state index is 0.291. The molecule has 0 aromatic heterocycles. The molecule has 1 N–H and O–H groups in total. The van der Waals surface area contributed by atoms with Gasteiger partial charge >= 0.3 is 0 Å². The van der Waals surface area contributed by atoms with Crippen molar-refractivity contribution < 1.29 is 4.79 Å². The Kier molecular flexibility index (Phi) is 5.37. The summed E-state index contributed by atoms with van der Waals surface area (Å²) in [6.45, 7) is 7.53. The summed E-state index contributed by atoms with van der Waals surface area (Å²) in [7, 11) is 0. The third-order valence-electron chi connectivity index (χ3n) is 5.64. The van der Waals surface area contributed by atoms with Crippen LogP contribution in [0.4, 0.5) is 0 Å². The molecule has 2 aliphatic heterocycles. The van der Waals surface area contributed by atoms with Crippen LogP contribution >= 0.6 is 0 Å². The highest BCUT2D eigenvalue weighted by molar-refractivity contribution is 5.77. The summed E-state index contributed by atoms with van der Waals surface area (Å²) in [6, 6.07) is 8.95. The maximum Gasteiger partial charge on any atom is 0.223 e. The Bertz CT molecular complexity index is 536. The lowest BCUT2D eigenvalue weighted by Gasteiger charge is -2.31. The van der Waals surface area contributed by atoms with E-state index in [1.807, 2.05) is 0 Å². The zero-order valence-corrected chi connectivity index (χ0v) is 14.6. The number of rotatable bonds is 4. The molecule has 0 saturated carbocycles. The number of nitrogens with zero attached hydrogens (tertiary/aromatic N) is 1. The first kappa shape index (κ1) is 16.5. The summed E-state index contributed by atoms with van der Waals surface area (Å²) in [5, 5.41) is 3.47. The first-order chi connectivity index (χ1) is 11.1. The Morgan fingerprint density at radius 2 is 2.22 bits per heavy atom. The second-order valence-electron chi connectivity index (χ2n) is 7.45. The molecule has 2 heterocycles. The van der Waals surface area contributed by atoms with Crippen molar-refractivity contribution >= 4 is 5.91 Å². The van der Waals surface area contributed by atoms with Crippen molar-refractivity contribution in [3.05, 3.63) is 35.4 Å². The van der Waals surface area contributed by atoms with E-state index < -0.39 is 0 Å². The number of hydrogen-bond acceptors (Lipinski definition) is 2. The van der Waals surface area contributed by atoms with E-state index in [4.69, 9.17) is 0 Å². The minimum atomic E-state index is 0.291. The molecule has 3 heteroatoms. The van der Waals surface area contributed by atoms with E-state index in [1.54, 1.807) is 0 Å². The Morgan fingerprint density at radius 3 is 2.96 bits per heavy atom. The van der Waals surface area contributed by atoms with Crippen LogP contribution in [-0.2, 0) is 4.79 Å². The van der Waals surface area contributed by atoms with Gasteiger partial charge in [0.05, 0.1) is 6.04 Å². The largest absolute Gasteiger partial charge is 0.336 e. The van der Waals surface area contributed by atoms with E-state index >= 15 is 0 Å². The van der Waals surface area contributed by atoms with Gasteiger partial charge in [0.15, 0.2) is 0 Å². The molecule has 1 aromatic rings. The Balaban J connectivity index is 1.63. The smallest absolute Gasteiger partial charge is 0.223 e. The number of benzene rings is 1. The molecule has 3 nitrogen and oxygen atoms in total. The van der Waals surface area contributed by atoms with Gasteiger partial charge < -0.3 is 10.2 Å². The fourth-order valence-corrected chi connectivity index (χ4v) is 4.21. The lowest BCUT2D eigenvalue weighted by atomic mass is 9.85. The third-order valence-corrected chi connectivity index (χ3v) is 5.64. The first-order valence-corrected chi connectivity index (χ1v) is 9.22. The summed E-state index contributed by atoms with van der Waals surface area (Å²) in [5.41, 5.74) is 2.59. The van der Waals surface area contributed by atoms with E-state index in [0.717, 1.165) is 32.5 Å². The Morgan fingerprint density at radius 1 is 1.35 bits per heavy atom. The third kappa shape index (κ3) is 3.95. The number of piperidine rings is 1. The average molecular weight is 314 g/mol. The molecule has 0 aliphatic carbocycles. The van der Waals surface area contributed by atoms with Crippen LogP contribution in [0.2, 0.25) is 0 Å². The number of amides is 1. The zero-order chi connectivity index (χ0) is 16.2. The van der Waals surface area contributed by atoms with Crippen LogP contribution in [0.15, 0.2) is 24.3 Å². The quantitative estimate of drug-likeness (QED) is 0.919. The normalized spacial score (nSPS) is 26.3. The van der Waals surface area contributed by atoms with Crippen molar-refractivity contribution in [2.45, 2.75) is 52.0 Å². The fourth-order valence-electron chi connectivity index (χ4n) is 4.21. The molecule has 3 unspecified atom stereocenters. The lowest BCUT2D eigenvalue weighted by molar-refractivity contribution is -0.133. The number of likely N-dealkylation sites (tertiary alicyclic amines) is 1. The van der Waals surface area contributed by atoms with Crippen LogP contribution < -0.4 is 5.32 Å². The van der Waals surface area contributed by atoms with Crippen LogP contribution in [0.1, 0.15) is 56.2 Å². The van der Waals surface area contributed by atoms with Gasteiger partial charge in [-0.05, 0) is 63.1 Å². The van der Waals surface area contributed by atoms with Crippen molar-refractivity contribution in [3.8, 4) is 0 Å². The van der Waals surface area contributed by atoms with E-state index in [-0.39, 0.29) is 0 Å². The Labute approximate surface area is 140 Å². The molecular weight excluding hydrogens is 284 g/mol. The number of carbonyl (C=O) groups is 1. The SMILES string of the molecule is Cc1cccc(C2CCCN2C(=O)CC(C)C2CCCNC2)c1. The highest BCUT2D eigenvalue weighted by atomic mass is 16.2. The van der Waals surface area contributed by atoms with Crippen LogP contribution in [0.3, 0.4) is 0 Å². The highest BCUT2D eigenvalue weighted by Gasteiger charge is 2.32. The second kappa shape index (κ2) is 7.48. The molecule has 2 fully saturated rings. The van der Waals surface area contributed by atoms with E-state index in [1.165, 1.54) is 24.0 Å². The van der Waals surface area contributed by atoms with Gasteiger partial charge in [0.25, 0.3) is 0 Å². The van der Waals surface area contributed by atoms with Gasteiger partial charge in [0.2, 0.25) is 5.91 Å². The number of aryl methyl sites for hydroxylation is 1. The molecular formula is C20H30N2O. The molecule has 126 valence electrons. The van der Waals surface area contributed by atoms with E-state index in [9.17, 15) is 4.79 Å². The van der Waals surface area contributed by atoms with Gasteiger partial charge in [0, 0.05) is 13.0 Å². The van der Waals surface area contributed by atoms with E-state index in [2.05, 4.69) is 48.3 Å². The van der Waals surface area contributed by atoms with Gasteiger partial charge in [-0.2, -0.15) is 0 Å². The standard InChI is InChI=1S/C20H30N2O/c1-15-6-3-7-17(12-15)19-9-5-11-22(19)20(23)13-16(2)18-8-4-10-21-14-18/h3,6-7,12,16,18-19,21H,4-5,8-11,13-14H2,1-2H3. The second-order valence-corrected chi connectivity index (χ2v) is 7.45. The van der Waals surface area contributed by atoms with Gasteiger partial charge in [-0.1, -0.05) is 36.8 Å². The number of hydrogen-bond donors (Lipinski definition) is 1. The molecule has 3 atom stereocenters. The Hall–Kier alpha value is -1.35. The molecule has 0 radical (unpaired) electrons. The summed E-state index contributed by atoms with van der Waals surface area (Å²) in [4.78, 5) is 15.0. The van der Waals surface area contributed by atoms with Crippen molar-refractivity contribution in [1.82, 2.24) is 10.2 Å². The van der Waals surface area contributed by atoms with Crippen LogP contribution in [-0.4, -0.2) is 30.4 Å². The van der Waals surface area contributed by atoms with Crippen LogP contribution in [0.25, 0.3) is 0 Å². The molecule has 2 aliphatic rings. The van der Waals surface area contributed by atoms with Gasteiger partial charge in [-0.3, -0.25) is 4.79 Å². The first-order valence-electron chi connectivity index (χ1n) is 9.22. The summed E-state index contributed by atoms with van der Waals surface area (Å²) in [5.74, 6) is 1.49. The van der Waals surface area contributed by atoms with Crippen molar-refractivity contribution in [3.63, 3.8) is 0 Å². The maximum atomic E-state index is 12.9. The van der Waals surface area contributed by atoms with Crippen molar-refractivity contribution in [2.75, 3.05) is 19.6 Å². The van der Waals surface area contributed by atoms with E-state index in [0.29, 0.717) is 30.2 Å². The van der Waals surface area contributed by atoms with Gasteiger partial charge in [-0.15, -0.1) is 0 Å². The van der Waals surface area contributed by atoms with Crippen LogP contribution in [0, 0.1) is 18.8 Å². The molecule has 1 aromatic carbocycles. The van der Waals surface area contributed by atoms with Crippen LogP contribution in [0.5, 0.6) is 0 Å². The monoisotopic (exact) mass is 314 g/mol. The lowest BCUT2D eigenvalue weighted by Crippen LogP contribution is -2.37. The number of nitrogens with one attached hydrogen (secondary N) is 1. The highest BCUT2D eigenvalue weighted by Crippen LogP contribution is 2.34. The van der Waals surface area contributed by atoms with Crippen molar-refractivity contribution in [1.29, 1.82) is 0 Å².